The average Bonchev–Trinajstić information content (AvgIpc) is 2.93. The number of fused-ring (bicyclic) bond motifs is 1. The number of carbonyl (C=O) groups excluding carboxylic acids is 1. The second-order valence-corrected chi connectivity index (χ2v) is 8.00. The van der Waals surface area contributed by atoms with Crippen LogP contribution in [0.15, 0.2) is 24.3 Å². The monoisotopic (exact) mass is 377 g/mol. The van der Waals surface area contributed by atoms with Gasteiger partial charge in [0.2, 0.25) is 5.91 Å². The minimum atomic E-state index is -0.913. The maximum absolute atomic E-state index is 12.9. The van der Waals surface area contributed by atoms with Gasteiger partial charge < -0.3 is 5.11 Å². The van der Waals surface area contributed by atoms with Crippen LogP contribution in [0, 0.1) is 5.41 Å². The smallest absolute Gasteiger partial charge is 0.309 e. The van der Waals surface area contributed by atoms with Crippen LogP contribution in [0.4, 0.5) is 0 Å². The zero-order valence-corrected chi connectivity index (χ0v) is 16.6. The SMILES string of the molecule is CCCCCCc1cc2cc(Cl)ccc2n1C(=O)CCC(C)(C)C(=O)O. The molecule has 1 aromatic carbocycles. The number of halogens is 1. The first kappa shape index (κ1) is 20.5. The van der Waals surface area contributed by atoms with Crippen LogP contribution in [0.5, 0.6) is 0 Å². The van der Waals surface area contributed by atoms with Gasteiger partial charge in [-0.3, -0.25) is 14.2 Å². The minimum Gasteiger partial charge on any atom is -0.481 e. The van der Waals surface area contributed by atoms with Gasteiger partial charge >= 0.3 is 5.97 Å². The predicted molar refractivity (Wildman–Crippen MR) is 106 cm³/mol. The van der Waals surface area contributed by atoms with Gasteiger partial charge in [0.1, 0.15) is 0 Å². The molecular weight excluding hydrogens is 350 g/mol. The molecule has 4 nitrogen and oxygen atoms in total. The third-order valence-electron chi connectivity index (χ3n) is 4.92. The lowest BCUT2D eigenvalue weighted by atomic mass is 9.88. The molecule has 2 rings (SSSR count). The summed E-state index contributed by atoms with van der Waals surface area (Å²) in [5.74, 6) is -0.934. The van der Waals surface area contributed by atoms with Gasteiger partial charge in [-0.1, -0.05) is 37.8 Å². The van der Waals surface area contributed by atoms with Crippen molar-refractivity contribution in [2.75, 3.05) is 0 Å². The highest BCUT2D eigenvalue weighted by atomic mass is 35.5. The number of aromatic nitrogens is 1. The Bertz CT molecular complexity index is 792. The number of carboxylic acids is 1. The highest BCUT2D eigenvalue weighted by Gasteiger charge is 2.28. The van der Waals surface area contributed by atoms with Crippen molar-refractivity contribution in [3.63, 3.8) is 0 Å². The fourth-order valence-corrected chi connectivity index (χ4v) is 3.27. The van der Waals surface area contributed by atoms with E-state index in [1.807, 2.05) is 18.2 Å². The van der Waals surface area contributed by atoms with Gasteiger partial charge in [0.25, 0.3) is 0 Å². The van der Waals surface area contributed by atoms with Crippen molar-refractivity contribution in [3.05, 3.63) is 35.0 Å². The molecule has 0 bridgehead atoms. The Labute approximate surface area is 160 Å². The normalized spacial score (nSPS) is 11.8. The van der Waals surface area contributed by atoms with E-state index in [0.29, 0.717) is 11.4 Å². The minimum absolute atomic E-state index is 0.0536. The number of hydrogen-bond donors (Lipinski definition) is 1. The molecule has 0 aliphatic rings. The topological polar surface area (TPSA) is 59.3 Å². The van der Waals surface area contributed by atoms with Crippen molar-refractivity contribution < 1.29 is 14.7 Å². The van der Waals surface area contributed by atoms with Crippen molar-refractivity contribution in [2.45, 2.75) is 65.7 Å². The zero-order chi connectivity index (χ0) is 19.3. The summed E-state index contributed by atoms with van der Waals surface area (Å²) in [6.07, 6.45) is 5.87. The molecule has 0 aliphatic carbocycles. The van der Waals surface area contributed by atoms with E-state index < -0.39 is 11.4 Å². The number of aryl methyl sites for hydroxylation is 1. The van der Waals surface area contributed by atoms with Crippen LogP contribution in [-0.4, -0.2) is 21.6 Å². The quantitative estimate of drug-likeness (QED) is 0.549. The third-order valence-corrected chi connectivity index (χ3v) is 5.15. The van der Waals surface area contributed by atoms with Gasteiger partial charge in [0.15, 0.2) is 0 Å². The van der Waals surface area contributed by atoms with E-state index in [1.54, 1.807) is 24.5 Å². The van der Waals surface area contributed by atoms with Crippen LogP contribution < -0.4 is 0 Å². The second kappa shape index (κ2) is 8.72. The first-order valence-electron chi connectivity index (χ1n) is 9.32. The number of carbonyl (C=O) groups is 2. The molecule has 2 aromatic rings. The third kappa shape index (κ3) is 4.88. The first-order chi connectivity index (χ1) is 12.3. The van der Waals surface area contributed by atoms with E-state index in [-0.39, 0.29) is 12.3 Å². The van der Waals surface area contributed by atoms with Gasteiger partial charge in [0.05, 0.1) is 10.9 Å². The van der Waals surface area contributed by atoms with Crippen LogP contribution >= 0.6 is 11.6 Å². The number of aliphatic carboxylic acids is 1. The van der Waals surface area contributed by atoms with E-state index in [4.69, 9.17) is 11.6 Å². The van der Waals surface area contributed by atoms with E-state index in [1.165, 1.54) is 12.8 Å². The fraction of sp³-hybridized carbons (Fsp3) is 0.524. The van der Waals surface area contributed by atoms with E-state index >= 15 is 0 Å². The van der Waals surface area contributed by atoms with Gasteiger partial charge in [-0.25, -0.2) is 0 Å². The average molecular weight is 378 g/mol. The van der Waals surface area contributed by atoms with Crippen LogP contribution in [0.3, 0.4) is 0 Å². The Morgan fingerprint density at radius 1 is 1.15 bits per heavy atom. The van der Waals surface area contributed by atoms with Crippen molar-refractivity contribution in [1.29, 1.82) is 0 Å². The van der Waals surface area contributed by atoms with Gasteiger partial charge in [0, 0.05) is 22.5 Å². The fourth-order valence-electron chi connectivity index (χ4n) is 3.09. The zero-order valence-electron chi connectivity index (χ0n) is 15.8. The first-order valence-corrected chi connectivity index (χ1v) is 9.70. The molecule has 0 fully saturated rings. The van der Waals surface area contributed by atoms with Crippen LogP contribution in [0.25, 0.3) is 10.9 Å². The van der Waals surface area contributed by atoms with Gasteiger partial charge in [-0.15, -0.1) is 0 Å². The molecular formula is C21H28ClNO3. The number of hydrogen-bond acceptors (Lipinski definition) is 2. The van der Waals surface area contributed by atoms with Crippen LogP contribution in [0.1, 0.15) is 69.8 Å². The number of unbranched alkanes of at least 4 members (excludes halogenated alkanes) is 3. The Balaban J connectivity index is 2.27. The molecule has 1 heterocycles. The highest BCUT2D eigenvalue weighted by molar-refractivity contribution is 6.31. The summed E-state index contributed by atoms with van der Waals surface area (Å²) in [6, 6.07) is 7.56. The van der Waals surface area contributed by atoms with Crippen molar-refractivity contribution in [3.8, 4) is 0 Å². The molecule has 0 amide bonds. The summed E-state index contributed by atoms with van der Waals surface area (Å²) in [6.45, 7) is 5.48. The molecule has 0 aliphatic heterocycles. The summed E-state index contributed by atoms with van der Waals surface area (Å²) < 4.78 is 1.76. The number of rotatable bonds is 9. The summed E-state index contributed by atoms with van der Waals surface area (Å²) in [4.78, 5) is 24.2. The lowest BCUT2D eigenvalue weighted by molar-refractivity contribution is -0.147. The molecule has 0 saturated heterocycles. The summed E-state index contributed by atoms with van der Waals surface area (Å²) in [7, 11) is 0. The maximum atomic E-state index is 12.9. The van der Waals surface area contributed by atoms with Gasteiger partial charge in [-0.05, 0) is 57.4 Å². The molecule has 1 N–H and O–H groups in total. The van der Waals surface area contributed by atoms with E-state index in [2.05, 4.69) is 6.92 Å². The summed E-state index contributed by atoms with van der Waals surface area (Å²) in [5.41, 5.74) is 0.915. The molecule has 0 spiro atoms. The maximum Gasteiger partial charge on any atom is 0.309 e. The van der Waals surface area contributed by atoms with Crippen LogP contribution in [-0.2, 0) is 11.2 Å². The molecule has 5 heteroatoms. The lowest BCUT2D eigenvalue weighted by Crippen LogP contribution is -2.25. The lowest BCUT2D eigenvalue weighted by Gasteiger charge is -2.19. The van der Waals surface area contributed by atoms with Crippen LogP contribution in [0.2, 0.25) is 5.02 Å². The van der Waals surface area contributed by atoms with Crippen molar-refractivity contribution >= 4 is 34.4 Å². The molecule has 0 unspecified atom stereocenters. The van der Waals surface area contributed by atoms with E-state index in [0.717, 1.165) is 35.9 Å². The number of nitrogens with zero attached hydrogens (tertiary/aromatic N) is 1. The number of carboxylic acid groups (broad SMARTS) is 1. The molecule has 0 atom stereocenters. The predicted octanol–water partition coefficient (Wildman–Crippen LogP) is 5.95. The Morgan fingerprint density at radius 3 is 2.54 bits per heavy atom. The number of benzene rings is 1. The molecule has 26 heavy (non-hydrogen) atoms. The second-order valence-electron chi connectivity index (χ2n) is 7.57. The Morgan fingerprint density at radius 2 is 1.88 bits per heavy atom. The standard InChI is InChI=1S/C21H28ClNO3/c1-4-5-6-7-8-17-14-15-13-16(22)9-10-18(15)23(17)19(24)11-12-21(2,3)20(25)26/h9-10,13-14H,4-8,11-12H2,1-3H3,(H,25,26). The van der Waals surface area contributed by atoms with Crippen molar-refractivity contribution in [2.24, 2.45) is 5.41 Å². The van der Waals surface area contributed by atoms with E-state index in [9.17, 15) is 14.7 Å². The molecule has 0 radical (unpaired) electrons. The summed E-state index contributed by atoms with van der Waals surface area (Å²) in [5, 5.41) is 10.9. The molecule has 0 saturated carbocycles. The Kier molecular flexibility index (Phi) is 6.87. The largest absolute Gasteiger partial charge is 0.481 e. The van der Waals surface area contributed by atoms with Gasteiger partial charge in [-0.2, -0.15) is 0 Å². The molecule has 142 valence electrons. The summed E-state index contributed by atoms with van der Waals surface area (Å²) >= 11 is 6.10. The molecule has 1 aromatic heterocycles. The Hall–Kier alpha value is -1.81. The van der Waals surface area contributed by atoms with Crippen molar-refractivity contribution in [1.82, 2.24) is 4.57 Å². The highest BCUT2D eigenvalue weighted by Crippen LogP contribution is 2.27.